The minimum Gasteiger partial charge on any atom is -0.489 e. The first-order valence-corrected chi connectivity index (χ1v) is 12.9. The Morgan fingerprint density at radius 2 is 1.75 bits per heavy atom. The Balaban J connectivity index is 1.34. The van der Waals surface area contributed by atoms with Crippen molar-refractivity contribution in [3.63, 3.8) is 0 Å². The molecule has 1 heterocycles. The van der Waals surface area contributed by atoms with Crippen molar-refractivity contribution in [3.8, 4) is 29.1 Å². The van der Waals surface area contributed by atoms with E-state index in [2.05, 4.69) is 6.07 Å². The van der Waals surface area contributed by atoms with Crippen LogP contribution in [0.2, 0.25) is 10.0 Å². The highest BCUT2D eigenvalue weighted by molar-refractivity contribution is 6.35. The van der Waals surface area contributed by atoms with E-state index in [0.29, 0.717) is 34.4 Å². The lowest BCUT2D eigenvalue weighted by Crippen LogP contribution is -2.21. The lowest BCUT2D eigenvalue weighted by Gasteiger charge is -2.27. The van der Waals surface area contributed by atoms with Gasteiger partial charge in [0.15, 0.2) is 6.61 Å². The van der Waals surface area contributed by atoms with Crippen LogP contribution in [0, 0.1) is 11.3 Å². The van der Waals surface area contributed by atoms with Gasteiger partial charge in [0, 0.05) is 16.7 Å². The second kappa shape index (κ2) is 12.0. The maximum atomic E-state index is 12.4. The molecule has 4 aromatic rings. The molecule has 200 valence electrons. The zero-order valence-corrected chi connectivity index (χ0v) is 22.5. The summed E-state index contributed by atoms with van der Waals surface area (Å²) in [6.45, 7) is 0.0265. The fraction of sp³-hybridized carbons (Fsp3) is 0.0968. The quantitative estimate of drug-likeness (QED) is 0.183. The Morgan fingerprint density at radius 3 is 2.52 bits per heavy atom. The van der Waals surface area contributed by atoms with E-state index in [4.69, 9.17) is 47.9 Å². The summed E-state index contributed by atoms with van der Waals surface area (Å²) in [6.07, 6.45) is 0. The number of hydrogen-bond donors (Lipinski definition) is 1. The van der Waals surface area contributed by atoms with Crippen molar-refractivity contribution in [2.24, 2.45) is 5.73 Å². The predicted octanol–water partition coefficient (Wildman–Crippen LogP) is 6.77. The maximum absolute atomic E-state index is 12.4. The fourth-order valence-corrected chi connectivity index (χ4v) is 4.72. The first-order valence-electron chi connectivity index (χ1n) is 12.2. The molecule has 0 saturated heterocycles. The molecule has 1 aliphatic heterocycles. The SMILES string of the molecule is N#CC1=C(N)Oc2cc(OC(=O)COc3ccc(Cl)cc3Cl)ccc2C1c1cccc(OCc2ccccc2)c1. The highest BCUT2D eigenvalue weighted by Crippen LogP contribution is 2.44. The summed E-state index contributed by atoms with van der Waals surface area (Å²) in [5, 5.41) is 10.6. The van der Waals surface area contributed by atoms with Crippen LogP contribution in [0.1, 0.15) is 22.6 Å². The Labute approximate surface area is 240 Å². The van der Waals surface area contributed by atoms with Crippen molar-refractivity contribution in [2.75, 3.05) is 6.61 Å². The van der Waals surface area contributed by atoms with E-state index in [1.807, 2.05) is 54.6 Å². The average molecular weight is 573 g/mol. The molecule has 0 fully saturated rings. The van der Waals surface area contributed by atoms with Crippen LogP contribution in [0.5, 0.6) is 23.0 Å². The Kier molecular flexibility index (Phi) is 8.11. The zero-order chi connectivity index (χ0) is 28.1. The average Bonchev–Trinajstić information content (AvgIpc) is 2.95. The van der Waals surface area contributed by atoms with E-state index < -0.39 is 11.9 Å². The van der Waals surface area contributed by atoms with Gasteiger partial charge in [-0.2, -0.15) is 5.26 Å². The molecular weight excluding hydrogens is 551 g/mol. The number of nitrogens with two attached hydrogens (primary N) is 1. The van der Waals surface area contributed by atoms with Gasteiger partial charge >= 0.3 is 5.97 Å². The first-order chi connectivity index (χ1) is 19.4. The molecule has 0 spiro atoms. The third kappa shape index (κ3) is 6.15. The summed E-state index contributed by atoms with van der Waals surface area (Å²) in [5.41, 5.74) is 8.94. The summed E-state index contributed by atoms with van der Waals surface area (Å²) in [5.74, 6) is 0.357. The smallest absolute Gasteiger partial charge is 0.349 e. The van der Waals surface area contributed by atoms with Crippen LogP contribution >= 0.6 is 23.2 Å². The molecular formula is C31H22Cl2N2O5. The van der Waals surface area contributed by atoms with Crippen LogP contribution in [0.15, 0.2) is 102 Å². The molecule has 0 saturated carbocycles. The van der Waals surface area contributed by atoms with Crippen molar-refractivity contribution in [3.05, 3.63) is 129 Å². The van der Waals surface area contributed by atoms with Crippen molar-refractivity contribution in [1.29, 1.82) is 5.26 Å². The van der Waals surface area contributed by atoms with Gasteiger partial charge in [-0.15, -0.1) is 0 Å². The van der Waals surface area contributed by atoms with Crippen LogP contribution in [0.25, 0.3) is 0 Å². The topological polar surface area (TPSA) is 104 Å². The predicted molar refractivity (Wildman–Crippen MR) is 151 cm³/mol. The minimum atomic E-state index is -0.650. The third-order valence-electron chi connectivity index (χ3n) is 6.10. The highest BCUT2D eigenvalue weighted by atomic mass is 35.5. The Hall–Kier alpha value is -4.64. The second-order valence-electron chi connectivity index (χ2n) is 8.81. The van der Waals surface area contributed by atoms with Gasteiger partial charge < -0.3 is 24.7 Å². The number of ether oxygens (including phenoxy) is 4. The number of nitrogens with zero attached hydrogens (tertiary/aromatic N) is 1. The molecule has 0 bridgehead atoms. The second-order valence-corrected chi connectivity index (χ2v) is 9.65. The van der Waals surface area contributed by atoms with Crippen molar-refractivity contribution < 1.29 is 23.7 Å². The maximum Gasteiger partial charge on any atom is 0.349 e. The summed E-state index contributed by atoms with van der Waals surface area (Å²) >= 11 is 12.0. The summed E-state index contributed by atoms with van der Waals surface area (Å²) in [4.78, 5) is 12.4. The molecule has 9 heteroatoms. The van der Waals surface area contributed by atoms with Crippen molar-refractivity contribution >= 4 is 29.2 Å². The molecule has 7 nitrogen and oxygen atoms in total. The summed E-state index contributed by atoms with van der Waals surface area (Å²) in [6, 6.07) is 29.1. The zero-order valence-electron chi connectivity index (χ0n) is 21.0. The third-order valence-corrected chi connectivity index (χ3v) is 6.63. The van der Waals surface area contributed by atoms with Gasteiger partial charge in [-0.1, -0.05) is 71.7 Å². The monoisotopic (exact) mass is 572 g/mol. The molecule has 5 rings (SSSR count). The molecule has 1 atom stereocenters. The van der Waals surface area contributed by atoms with E-state index in [-0.39, 0.29) is 28.8 Å². The number of carbonyl (C=O) groups is 1. The van der Waals surface area contributed by atoms with Gasteiger partial charge in [-0.25, -0.2) is 4.79 Å². The van der Waals surface area contributed by atoms with E-state index in [1.54, 1.807) is 30.3 Å². The standard InChI is InChI=1S/C31H22Cl2N2O5/c32-21-9-12-27(26(33)14-21)38-18-29(36)39-23-10-11-24-28(15-23)40-31(35)25(16-34)30(24)20-7-4-8-22(13-20)37-17-19-5-2-1-3-6-19/h1-15,30H,17-18,35H2. The summed E-state index contributed by atoms with van der Waals surface area (Å²) < 4.78 is 22.6. The molecule has 40 heavy (non-hydrogen) atoms. The van der Waals surface area contributed by atoms with Gasteiger partial charge in [0.25, 0.3) is 0 Å². The van der Waals surface area contributed by atoms with Crippen molar-refractivity contribution in [2.45, 2.75) is 12.5 Å². The van der Waals surface area contributed by atoms with E-state index in [0.717, 1.165) is 11.1 Å². The van der Waals surface area contributed by atoms with Crippen LogP contribution < -0.4 is 24.7 Å². The first kappa shape index (κ1) is 26.9. The number of esters is 1. The fourth-order valence-electron chi connectivity index (χ4n) is 4.26. The molecule has 2 N–H and O–H groups in total. The lowest BCUT2D eigenvalue weighted by atomic mass is 9.83. The van der Waals surface area contributed by atoms with Gasteiger partial charge in [0.1, 0.15) is 41.2 Å². The van der Waals surface area contributed by atoms with Crippen molar-refractivity contribution in [1.82, 2.24) is 0 Å². The number of halogens is 2. The minimum absolute atomic E-state index is 0.0280. The van der Waals surface area contributed by atoms with E-state index >= 15 is 0 Å². The van der Waals surface area contributed by atoms with Crippen LogP contribution in [0.3, 0.4) is 0 Å². The molecule has 0 aliphatic carbocycles. The molecule has 4 aromatic carbocycles. The Bertz CT molecular complexity index is 1630. The number of hydrogen-bond acceptors (Lipinski definition) is 7. The number of carbonyl (C=O) groups excluding carboxylic acids is 1. The number of rotatable bonds is 8. The molecule has 1 unspecified atom stereocenters. The molecule has 0 aromatic heterocycles. The van der Waals surface area contributed by atoms with Gasteiger partial charge in [-0.3, -0.25) is 0 Å². The molecule has 0 radical (unpaired) electrons. The number of fused-ring (bicyclic) bond motifs is 1. The number of allylic oxidation sites excluding steroid dienone is 1. The molecule has 1 aliphatic rings. The van der Waals surface area contributed by atoms with E-state index in [1.165, 1.54) is 6.07 Å². The van der Waals surface area contributed by atoms with Crippen LogP contribution in [-0.4, -0.2) is 12.6 Å². The lowest BCUT2D eigenvalue weighted by molar-refractivity contribution is -0.136. The largest absolute Gasteiger partial charge is 0.489 e. The van der Waals surface area contributed by atoms with Crippen LogP contribution in [0.4, 0.5) is 0 Å². The van der Waals surface area contributed by atoms with Crippen LogP contribution in [-0.2, 0) is 11.4 Å². The van der Waals surface area contributed by atoms with E-state index in [9.17, 15) is 10.1 Å². The normalized spacial score (nSPS) is 14.0. The van der Waals surface area contributed by atoms with Gasteiger partial charge in [-0.05, 0) is 47.5 Å². The summed E-state index contributed by atoms with van der Waals surface area (Å²) in [7, 11) is 0. The van der Waals surface area contributed by atoms with Gasteiger partial charge in [0.05, 0.1) is 10.9 Å². The number of benzene rings is 4. The molecule has 0 amide bonds. The number of nitriles is 1. The highest BCUT2D eigenvalue weighted by Gasteiger charge is 2.31. The Morgan fingerprint density at radius 1 is 0.925 bits per heavy atom. The van der Waals surface area contributed by atoms with Gasteiger partial charge in [0.2, 0.25) is 5.88 Å².